The summed E-state index contributed by atoms with van der Waals surface area (Å²) in [7, 11) is -0.801. The van der Waals surface area contributed by atoms with E-state index in [2.05, 4.69) is 20.0 Å². The van der Waals surface area contributed by atoms with Crippen LogP contribution in [0, 0.1) is 13.8 Å². The van der Waals surface area contributed by atoms with Crippen molar-refractivity contribution in [2.45, 2.75) is 25.2 Å². The van der Waals surface area contributed by atoms with Gasteiger partial charge in [0.2, 0.25) is 11.9 Å². The van der Waals surface area contributed by atoms with Crippen molar-refractivity contribution in [2.24, 2.45) is 0 Å². The predicted octanol–water partition coefficient (Wildman–Crippen LogP) is 3.09. The number of rotatable bonds is 8. The number of aromatic nitrogens is 2. The van der Waals surface area contributed by atoms with Crippen molar-refractivity contribution in [2.75, 3.05) is 24.3 Å². The fraction of sp³-hybridized carbons (Fsp3) is 0.227. The summed E-state index contributed by atoms with van der Waals surface area (Å²) in [6, 6.07) is 12.8. The summed E-state index contributed by atoms with van der Waals surface area (Å²) in [6.07, 6.45) is 0.0822. The first-order chi connectivity index (χ1) is 15.2. The lowest BCUT2D eigenvalue weighted by atomic mass is 10.1. The van der Waals surface area contributed by atoms with Gasteiger partial charge in [-0.1, -0.05) is 6.07 Å². The topological polar surface area (TPSA) is 120 Å². The van der Waals surface area contributed by atoms with E-state index in [-0.39, 0.29) is 23.2 Å². The highest BCUT2D eigenvalue weighted by molar-refractivity contribution is 7.92. The molecule has 0 aliphatic heterocycles. The van der Waals surface area contributed by atoms with Crippen LogP contribution in [-0.4, -0.2) is 38.5 Å². The molecule has 2 aromatic carbocycles. The van der Waals surface area contributed by atoms with Gasteiger partial charge in [-0.2, -0.15) is 0 Å². The van der Waals surface area contributed by atoms with Crippen LogP contribution in [0.5, 0.6) is 11.5 Å². The Morgan fingerprint density at radius 1 is 0.938 bits per heavy atom. The molecular formula is C22H24N4O5S. The van der Waals surface area contributed by atoms with Crippen LogP contribution in [0.25, 0.3) is 0 Å². The highest BCUT2D eigenvalue weighted by atomic mass is 32.2. The third kappa shape index (κ3) is 5.73. The average molecular weight is 457 g/mol. The van der Waals surface area contributed by atoms with E-state index in [1.54, 1.807) is 45.2 Å². The maximum atomic E-state index is 12.6. The molecule has 0 bridgehead atoms. The largest absolute Gasteiger partial charge is 0.497 e. The average Bonchev–Trinajstić information content (AvgIpc) is 2.73. The standard InChI is InChI=1S/C22H24N4O5S/c1-14-11-15(2)24-22(23-14)26-32(28,29)19-9-6-17(7-10-19)25-21(27)12-16-5-8-18(30-3)13-20(16)31-4/h5-11,13H,12H2,1-4H3,(H,25,27)(H,23,24,26). The van der Waals surface area contributed by atoms with Gasteiger partial charge in [-0.05, 0) is 50.2 Å². The zero-order valence-corrected chi connectivity index (χ0v) is 19.0. The van der Waals surface area contributed by atoms with Crippen LogP contribution in [-0.2, 0) is 21.2 Å². The van der Waals surface area contributed by atoms with Crippen LogP contribution in [0.2, 0.25) is 0 Å². The number of benzene rings is 2. The van der Waals surface area contributed by atoms with Crippen LogP contribution in [0.1, 0.15) is 17.0 Å². The normalized spacial score (nSPS) is 11.0. The molecule has 0 radical (unpaired) electrons. The highest BCUT2D eigenvalue weighted by Crippen LogP contribution is 2.25. The molecule has 0 unspecified atom stereocenters. The number of ether oxygens (including phenoxy) is 2. The van der Waals surface area contributed by atoms with E-state index < -0.39 is 10.0 Å². The summed E-state index contributed by atoms with van der Waals surface area (Å²) < 4.78 is 38.1. The second-order valence-electron chi connectivity index (χ2n) is 7.01. The van der Waals surface area contributed by atoms with E-state index in [1.807, 2.05) is 0 Å². The molecule has 0 aliphatic carbocycles. The molecular weight excluding hydrogens is 432 g/mol. The monoisotopic (exact) mass is 456 g/mol. The molecule has 10 heteroatoms. The van der Waals surface area contributed by atoms with Gasteiger partial charge in [0, 0.05) is 28.7 Å². The van der Waals surface area contributed by atoms with Crippen LogP contribution < -0.4 is 19.5 Å². The smallest absolute Gasteiger partial charge is 0.264 e. The Morgan fingerprint density at radius 3 is 2.19 bits per heavy atom. The van der Waals surface area contributed by atoms with E-state index in [4.69, 9.17) is 9.47 Å². The molecule has 32 heavy (non-hydrogen) atoms. The maximum Gasteiger partial charge on any atom is 0.264 e. The minimum Gasteiger partial charge on any atom is -0.497 e. The zero-order valence-electron chi connectivity index (χ0n) is 18.2. The molecule has 0 saturated heterocycles. The lowest BCUT2D eigenvalue weighted by Crippen LogP contribution is -2.17. The van der Waals surface area contributed by atoms with Crippen molar-refractivity contribution in [3.63, 3.8) is 0 Å². The van der Waals surface area contributed by atoms with Gasteiger partial charge >= 0.3 is 0 Å². The van der Waals surface area contributed by atoms with Gasteiger partial charge in [0.15, 0.2) is 0 Å². The van der Waals surface area contributed by atoms with E-state index in [0.717, 1.165) is 0 Å². The minimum absolute atomic E-state index is 0.00770. The van der Waals surface area contributed by atoms with Gasteiger partial charge in [0.25, 0.3) is 10.0 Å². The number of nitrogens with zero attached hydrogens (tertiary/aromatic N) is 2. The SMILES string of the molecule is COc1ccc(CC(=O)Nc2ccc(S(=O)(=O)Nc3nc(C)cc(C)n3)cc2)c(OC)c1. The van der Waals surface area contributed by atoms with Crippen LogP contribution in [0.4, 0.5) is 11.6 Å². The van der Waals surface area contributed by atoms with Gasteiger partial charge in [-0.3, -0.25) is 4.79 Å². The number of hydrogen-bond acceptors (Lipinski definition) is 7. The highest BCUT2D eigenvalue weighted by Gasteiger charge is 2.17. The molecule has 0 spiro atoms. The number of anilines is 2. The lowest BCUT2D eigenvalue weighted by molar-refractivity contribution is -0.115. The molecule has 0 saturated carbocycles. The maximum absolute atomic E-state index is 12.6. The van der Waals surface area contributed by atoms with Crippen molar-refractivity contribution in [1.29, 1.82) is 0 Å². The molecule has 2 N–H and O–H groups in total. The third-order valence-electron chi connectivity index (χ3n) is 4.50. The molecule has 9 nitrogen and oxygen atoms in total. The van der Waals surface area contributed by atoms with Gasteiger partial charge in [0.05, 0.1) is 25.5 Å². The molecule has 0 atom stereocenters. The van der Waals surface area contributed by atoms with E-state index in [1.165, 1.54) is 31.4 Å². The number of methoxy groups -OCH3 is 2. The summed E-state index contributed by atoms with van der Waals surface area (Å²) in [6.45, 7) is 3.51. The fourth-order valence-electron chi connectivity index (χ4n) is 3.04. The summed E-state index contributed by atoms with van der Waals surface area (Å²) in [5, 5.41) is 2.75. The zero-order chi connectivity index (χ0) is 23.3. The fourth-order valence-corrected chi connectivity index (χ4v) is 3.99. The number of aryl methyl sites for hydroxylation is 2. The Bertz CT molecular complexity index is 1210. The second-order valence-corrected chi connectivity index (χ2v) is 8.69. The summed E-state index contributed by atoms with van der Waals surface area (Å²) in [4.78, 5) is 20.6. The Balaban J connectivity index is 1.68. The number of sulfonamides is 1. The first-order valence-corrected chi connectivity index (χ1v) is 11.1. The summed E-state index contributed by atoms with van der Waals surface area (Å²) >= 11 is 0. The third-order valence-corrected chi connectivity index (χ3v) is 5.85. The lowest BCUT2D eigenvalue weighted by Gasteiger charge is -2.11. The Hall–Kier alpha value is -3.66. The Kier molecular flexibility index (Phi) is 6.94. The van der Waals surface area contributed by atoms with Gasteiger partial charge < -0.3 is 14.8 Å². The Labute approximate surface area is 186 Å². The van der Waals surface area contributed by atoms with Crippen LogP contribution >= 0.6 is 0 Å². The van der Waals surface area contributed by atoms with Crippen molar-refractivity contribution in [3.8, 4) is 11.5 Å². The van der Waals surface area contributed by atoms with Crippen molar-refractivity contribution in [3.05, 3.63) is 65.5 Å². The Morgan fingerprint density at radius 2 is 1.59 bits per heavy atom. The predicted molar refractivity (Wildman–Crippen MR) is 121 cm³/mol. The van der Waals surface area contributed by atoms with Gasteiger partial charge in [-0.25, -0.2) is 23.1 Å². The molecule has 1 aromatic heterocycles. The quantitative estimate of drug-likeness (QED) is 0.534. The first kappa shape index (κ1) is 23.0. The second kappa shape index (κ2) is 9.65. The molecule has 1 amide bonds. The number of carbonyl (C=O) groups excluding carboxylic acids is 1. The van der Waals surface area contributed by atoms with Crippen LogP contribution in [0.3, 0.4) is 0 Å². The van der Waals surface area contributed by atoms with E-state index in [0.29, 0.717) is 34.1 Å². The molecule has 1 heterocycles. The molecule has 168 valence electrons. The van der Waals surface area contributed by atoms with Crippen LogP contribution in [0.15, 0.2) is 53.4 Å². The molecule has 0 aliphatic rings. The molecule has 3 aromatic rings. The molecule has 0 fully saturated rings. The van der Waals surface area contributed by atoms with E-state index in [9.17, 15) is 13.2 Å². The van der Waals surface area contributed by atoms with Gasteiger partial charge in [-0.15, -0.1) is 0 Å². The van der Waals surface area contributed by atoms with Crippen molar-refractivity contribution < 1.29 is 22.7 Å². The number of amides is 1. The number of carbonyl (C=O) groups is 1. The first-order valence-electron chi connectivity index (χ1n) is 9.66. The summed E-state index contributed by atoms with van der Waals surface area (Å²) in [5.74, 6) is 0.905. The number of nitrogens with one attached hydrogen (secondary N) is 2. The van der Waals surface area contributed by atoms with E-state index >= 15 is 0 Å². The van der Waals surface area contributed by atoms with Gasteiger partial charge in [0.1, 0.15) is 11.5 Å². The minimum atomic E-state index is -3.87. The molecule has 3 rings (SSSR count). The van der Waals surface area contributed by atoms with Crippen molar-refractivity contribution in [1.82, 2.24) is 9.97 Å². The van der Waals surface area contributed by atoms with Crippen molar-refractivity contribution >= 4 is 27.6 Å². The summed E-state index contributed by atoms with van der Waals surface area (Å²) in [5.41, 5.74) is 2.47. The number of hydrogen-bond donors (Lipinski definition) is 2.